The maximum absolute atomic E-state index is 11.5. The Bertz CT molecular complexity index is 259. The van der Waals surface area contributed by atoms with E-state index in [4.69, 9.17) is 23.2 Å². The molecule has 1 heterocycles. The molecule has 2 aliphatic rings. The predicted octanol–water partition coefficient (Wildman–Crippen LogP) is 2.48. The van der Waals surface area contributed by atoms with Crippen LogP contribution in [0.4, 0.5) is 0 Å². The molecule has 86 valence electrons. The Labute approximate surface area is 101 Å². The highest BCUT2D eigenvalue weighted by Gasteiger charge is 2.44. The fourth-order valence-electron chi connectivity index (χ4n) is 3.06. The zero-order chi connectivity index (χ0) is 10.9. The number of carbonyl (C=O) groups excluding carboxylic acids is 1. The molecule has 0 radical (unpaired) electrons. The van der Waals surface area contributed by atoms with Crippen LogP contribution < -0.4 is 0 Å². The van der Waals surface area contributed by atoms with Gasteiger partial charge in [0.15, 0.2) is 0 Å². The summed E-state index contributed by atoms with van der Waals surface area (Å²) in [7, 11) is 0. The Morgan fingerprint density at radius 1 is 1.40 bits per heavy atom. The molecule has 0 N–H and O–H groups in total. The van der Waals surface area contributed by atoms with E-state index in [0.29, 0.717) is 11.3 Å². The van der Waals surface area contributed by atoms with Crippen LogP contribution in [-0.4, -0.2) is 35.7 Å². The first-order chi connectivity index (χ1) is 7.19. The lowest BCUT2D eigenvalue weighted by atomic mass is 9.85. The van der Waals surface area contributed by atoms with Crippen molar-refractivity contribution in [3.8, 4) is 0 Å². The second kappa shape index (κ2) is 4.50. The van der Waals surface area contributed by atoms with E-state index in [1.807, 2.05) is 4.90 Å². The van der Waals surface area contributed by atoms with Gasteiger partial charge in [-0.15, -0.1) is 23.2 Å². The standard InChI is InChI=1S/C11H17Cl2NO/c12-6-9-1-2-11(5-9)3-4-14(8-11)10(15)7-13/h9H,1-8H2/t9-,11-/m0/s1. The van der Waals surface area contributed by atoms with E-state index in [1.54, 1.807) is 0 Å². The molecule has 15 heavy (non-hydrogen) atoms. The van der Waals surface area contributed by atoms with Crippen molar-refractivity contribution in [3.05, 3.63) is 0 Å². The second-order valence-corrected chi connectivity index (χ2v) is 5.54. The molecule has 2 fully saturated rings. The van der Waals surface area contributed by atoms with Gasteiger partial charge in [-0.3, -0.25) is 4.79 Å². The average molecular weight is 250 g/mol. The summed E-state index contributed by atoms with van der Waals surface area (Å²) in [5.41, 5.74) is 0.376. The van der Waals surface area contributed by atoms with Crippen molar-refractivity contribution in [2.75, 3.05) is 24.8 Å². The van der Waals surface area contributed by atoms with Gasteiger partial charge < -0.3 is 4.90 Å². The fourth-order valence-corrected chi connectivity index (χ4v) is 3.49. The molecule has 0 bridgehead atoms. The molecule has 0 aromatic heterocycles. The highest BCUT2D eigenvalue weighted by Crippen LogP contribution is 2.48. The third kappa shape index (κ3) is 2.26. The van der Waals surface area contributed by atoms with Gasteiger partial charge >= 0.3 is 0 Å². The summed E-state index contributed by atoms with van der Waals surface area (Å²) in [4.78, 5) is 13.4. The number of hydrogen-bond acceptors (Lipinski definition) is 1. The van der Waals surface area contributed by atoms with Gasteiger partial charge in [0.25, 0.3) is 0 Å². The molecule has 2 rings (SSSR count). The Morgan fingerprint density at radius 3 is 2.80 bits per heavy atom. The summed E-state index contributed by atoms with van der Waals surface area (Å²) in [5.74, 6) is 1.64. The molecule has 1 saturated heterocycles. The van der Waals surface area contributed by atoms with Crippen molar-refractivity contribution in [2.45, 2.75) is 25.7 Å². The highest BCUT2D eigenvalue weighted by atomic mass is 35.5. The van der Waals surface area contributed by atoms with Crippen LogP contribution in [0.3, 0.4) is 0 Å². The zero-order valence-corrected chi connectivity index (χ0v) is 10.4. The molecule has 0 aromatic rings. The van der Waals surface area contributed by atoms with Crippen LogP contribution in [0.5, 0.6) is 0 Å². The van der Waals surface area contributed by atoms with Gasteiger partial charge in [0.05, 0.1) is 0 Å². The molecule has 1 aliphatic carbocycles. The maximum atomic E-state index is 11.5. The molecule has 0 aromatic carbocycles. The fraction of sp³-hybridized carbons (Fsp3) is 0.909. The molecule has 1 saturated carbocycles. The summed E-state index contributed by atoms with van der Waals surface area (Å²) in [5, 5.41) is 0. The van der Waals surface area contributed by atoms with Crippen molar-refractivity contribution in [1.82, 2.24) is 4.90 Å². The van der Waals surface area contributed by atoms with Crippen LogP contribution in [-0.2, 0) is 4.79 Å². The number of halogens is 2. The van der Waals surface area contributed by atoms with Gasteiger partial charge in [0, 0.05) is 19.0 Å². The van der Waals surface area contributed by atoms with Gasteiger partial charge in [-0.25, -0.2) is 0 Å². The van der Waals surface area contributed by atoms with E-state index >= 15 is 0 Å². The van der Waals surface area contributed by atoms with Crippen LogP contribution in [0.25, 0.3) is 0 Å². The monoisotopic (exact) mass is 249 g/mol. The number of carbonyl (C=O) groups is 1. The minimum atomic E-state index is 0.0860. The lowest BCUT2D eigenvalue weighted by molar-refractivity contribution is -0.127. The van der Waals surface area contributed by atoms with Gasteiger partial charge in [-0.05, 0) is 37.0 Å². The summed E-state index contributed by atoms with van der Waals surface area (Å²) >= 11 is 11.5. The van der Waals surface area contributed by atoms with Crippen molar-refractivity contribution < 1.29 is 4.79 Å². The Hall–Kier alpha value is 0.0500. The van der Waals surface area contributed by atoms with E-state index in [-0.39, 0.29) is 11.8 Å². The molecular formula is C11H17Cl2NO. The lowest BCUT2D eigenvalue weighted by Crippen LogP contribution is -2.32. The van der Waals surface area contributed by atoms with Crippen LogP contribution in [0.1, 0.15) is 25.7 Å². The first-order valence-electron chi connectivity index (χ1n) is 5.59. The topological polar surface area (TPSA) is 20.3 Å². The van der Waals surface area contributed by atoms with Crippen molar-refractivity contribution >= 4 is 29.1 Å². The smallest absolute Gasteiger partial charge is 0.237 e. The summed E-state index contributed by atoms with van der Waals surface area (Å²) in [6, 6.07) is 0. The molecular weight excluding hydrogens is 233 g/mol. The molecule has 2 nitrogen and oxygen atoms in total. The molecule has 2 atom stereocenters. The van der Waals surface area contributed by atoms with Gasteiger partial charge in [0.2, 0.25) is 5.91 Å². The summed E-state index contributed by atoms with van der Waals surface area (Å²) < 4.78 is 0. The molecule has 0 unspecified atom stereocenters. The summed E-state index contributed by atoms with van der Waals surface area (Å²) in [6.07, 6.45) is 4.80. The minimum Gasteiger partial charge on any atom is -0.341 e. The van der Waals surface area contributed by atoms with Crippen LogP contribution in [0, 0.1) is 11.3 Å². The van der Waals surface area contributed by atoms with Crippen LogP contribution >= 0.6 is 23.2 Å². The number of amides is 1. The first kappa shape index (κ1) is 11.5. The third-order valence-corrected chi connectivity index (χ3v) is 4.59. The normalized spacial score (nSPS) is 35.3. The Balaban J connectivity index is 1.94. The van der Waals surface area contributed by atoms with Crippen molar-refractivity contribution in [2.24, 2.45) is 11.3 Å². The van der Waals surface area contributed by atoms with Crippen molar-refractivity contribution in [1.29, 1.82) is 0 Å². The minimum absolute atomic E-state index is 0.0860. The van der Waals surface area contributed by atoms with Crippen LogP contribution in [0.2, 0.25) is 0 Å². The van der Waals surface area contributed by atoms with Gasteiger partial charge in [-0.1, -0.05) is 0 Å². The Kier molecular flexibility index (Phi) is 3.46. The number of hydrogen-bond donors (Lipinski definition) is 0. The quantitative estimate of drug-likeness (QED) is 0.689. The largest absolute Gasteiger partial charge is 0.341 e. The number of rotatable bonds is 2. The van der Waals surface area contributed by atoms with E-state index in [2.05, 4.69) is 0 Å². The Morgan fingerprint density at radius 2 is 2.20 bits per heavy atom. The van der Waals surface area contributed by atoms with Gasteiger partial charge in [0.1, 0.15) is 5.88 Å². The molecule has 4 heteroatoms. The molecule has 1 aliphatic heterocycles. The first-order valence-corrected chi connectivity index (χ1v) is 6.66. The zero-order valence-electron chi connectivity index (χ0n) is 8.85. The van der Waals surface area contributed by atoms with Gasteiger partial charge in [-0.2, -0.15) is 0 Å². The number of alkyl halides is 2. The SMILES string of the molecule is O=C(CCl)N1CC[C@]2(CC[C@H](CCl)C2)C1. The number of likely N-dealkylation sites (tertiary alicyclic amines) is 1. The van der Waals surface area contributed by atoms with Crippen molar-refractivity contribution in [3.63, 3.8) is 0 Å². The second-order valence-electron chi connectivity index (χ2n) is 4.96. The average Bonchev–Trinajstić information content (AvgIpc) is 2.86. The van der Waals surface area contributed by atoms with E-state index in [1.165, 1.54) is 19.3 Å². The molecule has 1 spiro atoms. The lowest BCUT2D eigenvalue weighted by Gasteiger charge is -2.23. The maximum Gasteiger partial charge on any atom is 0.237 e. The predicted molar refractivity (Wildman–Crippen MR) is 62.4 cm³/mol. The van der Waals surface area contributed by atoms with Crippen LogP contribution in [0.15, 0.2) is 0 Å². The van der Waals surface area contributed by atoms with E-state index in [0.717, 1.165) is 25.4 Å². The van der Waals surface area contributed by atoms with E-state index in [9.17, 15) is 4.79 Å². The highest BCUT2D eigenvalue weighted by molar-refractivity contribution is 6.27. The third-order valence-electron chi connectivity index (χ3n) is 3.93. The van der Waals surface area contributed by atoms with E-state index < -0.39 is 0 Å². The summed E-state index contributed by atoms with van der Waals surface area (Å²) in [6.45, 7) is 1.80. The number of nitrogens with zero attached hydrogens (tertiary/aromatic N) is 1. The molecule has 1 amide bonds.